The van der Waals surface area contributed by atoms with E-state index in [0.717, 1.165) is 23.2 Å². The number of fused-ring (bicyclic) bond motifs is 1. The zero-order valence-corrected chi connectivity index (χ0v) is 20.3. The molecule has 2 saturated heterocycles. The number of imide groups is 1. The van der Waals surface area contributed by atoms with Gasteiger partial charge in [-0.1, -0.05) is 17.7 Å². The van der Waals surface area contributed by atoms with Crippen molar-refractivity contribution < 1.29 is 31.7 Å². The van der Waals surface area contributed by atoms with E-state index >= 15 is 0 Å². The third kappa shape index (κ3) is 4.41. The Morgan fingerprint density at radius 3 is 2.69 bits per heavy atom. The van der Waals surface area contributed by atoms with E-state index in [1.807, 2.05) is 25.1 Å². The van der Waals surface area contributed by atoms with Crippen molar-refractivity contribution >= 4 is 33.3 Å². The van der Waals surface area contributed by atoms with E-state index in [9.17, 15) is 18.0 Å². The van der Waals surface area contributed by atoms with Gasteiger partial charge in [-0.25, -0.2) is 0 Å². The number of amides is 2. The first-order valence-electron chi connectivity index (χ1n) is 11.5. The third-order valence-corrected chi connectivity index (χ3v) is 8.04. The van der Waals surface area contributed by atoms with Crippen molar-refractivity contribution in [2.24, 2.45) is 0 Å². The second-order valence-electron chi connectivity index (χ2n) is 8.94. The molecule has 3 aliphatic heterocycles. The lowest BCUT2D eigenvalue weighted by Gasteiger charge is -2.25. The molecule has 10 nitrogen and oxygen atoms in total. The molecule has 2 unspecified atom stereocenters. The van der Waals surface area contributed by atoms with Crippen molar-refractivity contribution in [2.45, 2.75) is 43.0 Å². The normalized spacial score (nSPS) is 21.8. The quantitative estimate of drug-likeness (QED) is 0.453. The average Bonchev–Trinajstić information content (AvgIpc) is 3.51. The fraction of sp³-hybridized carbons (Fsp3) is 0.417. The van der Waals surface area contributed by atoms with Crippen molar-refractivity contribution in [1.82, 2.24) is 5.32 Å². The maximum absolute atomic E-state index is 12.5. The van der Waals surface area contributed by atoms with Gasteiger partial charge in [0.15, 0.2) is 11.5 Å². The van der Waals surface area contributed by atoms with E-state index in [0.29, 0.717) is 36.7 Å². The molecule has 186 valence electrons. The topological polar surface area (TPSA) is 123 Å². The van der Waals surface area contributed by atoms with Crippen molar-refractivity contribution in [3.8, 4) is 11.5 Å². The highest BCUT2D eigenvalue weighted by atomic mass is 32.2. The zero-order chi connectivity index (χ0) is 24.7. The molecule has 35 heavy (non-hydrogen) atoms. The van der Waals surface area contributed by atoms with Gasteiger partial charge in [-0.15, -0.1) is 0 Å². The summed E-state index contributed by atoms with van der Waals surface area (Å²) in [5.74, 6) is 0.465. The predicted octanol–water partition coefficient (Wildman–Crippen LogP) is 2.27. The second kappa shape index (κ2) is 9.04. The van der Waals surface area contributed by atoms with Gasteiger partial charge in [0.05, 0.1) is 23.4 Å². The van der Waals surface area contributed by atoms with Gasteiger partial charge in [0, 0.05) is 25.4 Å². The molecule has 0 aliphatic carbocycles. The van der Waals surface area contributed by atoms with Crippen LogP contribution >= 0.6 is 0 Å². The minimum Gasteiger partial charge on any atom is -0.451 e. The summed E-state index contributed by atoms with van der Waals surface area (Å²) in [6, 6.07) is 8.51. The summed E-state index contributed by atoms with van der Waals surface area (Å²) in [5, 5.41) is 5.52. The maximum Gasteiger partial charge on any atom is 0.296 e. The first-order chi connectivity index (χ1) is 16.8. The second-order valence-corrected chi connectivity index (χ2v) is 10.6. The van der Waals surface area contributed by atoms with Crippen LogP contribution < -0.4 is 25.0 Å². The Balaban J connectivity index is 1.39. The molecule has 2 amide bonds. The first kappa shape index (κ1) is 23.4. The van der Waals surface area contributed by atoms with Gasteiger partial charge in [-0.2, -0.15) is 8.42 Å². The van der Waals surface area contributed by atoms with Crippen LogP contribution in [0.1, 0.15) is 36.3 Å². The Morgan fingerprint density at radius 2 is 1.91 bits per heavy atom. The van der Waals surface area contributed by atoms with Crippen LogP contribution in [0.15, 0.2) is 35.2 Å². The number of nitrogens with zero attached hydrogens (tertiary/aromatic N) is 1. The van der Waals surface area contributed by atoms with Crippen LogP contribution in [0.25, 0.3) is 0 Å². The standard InChI is InChI=1S/C24H27N3O7S/c1-14-3-7-20(35(30,31)32-2)16(11-14)15-9-10-27(12-15)19-6-4-17(22-23(19)34-13-33-22)25-18-5-8-21(28)26-24(18)29/h3-4,6-7,11,15,18,25H,5,8-10,12-13H2,1-2H3,(H,26,28,29). The summed E-state index contributed by atoms with van der Waals surface area (Å²) in [4.78, 5) is 26.0. The lowest BCUT2D eigenvalue weighted by atomic mass is 9.97. The van der Waals surface area contributed by atoms with Gasteiger partial charge in [-0.3, -0.25) is 19.1 Å². The van der Waals surface area contributed by atoms with Gasteiger partial charge in [-0.05, 0) is 43.5 Å². The molecule has 3 aliphatic rings. The molecule has 11 heteroatoms. The third-order valence-electron chi connectivity index (χ3n) is 6.69. The van der Waals surface area contributed by atoms with Gasteiger partial charge in [0.2, 0.25) is 18.6 Å². The number of ether oxygens (including phenoxy) is 2. The monoisotopic (exact) mass is 501 g/mol. The highest BCUT2D eigenvalue weighted by Crippen LogP contribution is 2.48. The Kier molecular flexibility index (Phi) is 6.06. The molecule has 2 aromatic carbocycles. The number of nitrogens with one attached hydrogen (secondary N) is 2. The molecule has 0 saturated carbocycles. The highest BCUT2D eigenvalue weighted by molar-refractivity contribution is 7.86. The lowest BCUT2D eigenvalue weighted by Crippen LogP contribution is -2.47. The number of carbonyl (C=O) groups excluding carboxylic acids is 2. The van der Waals surface area contributed by atoms with Gasteiger partial charge in [0.1, 0.15) is 6.04 Å². The number of benzene rings is 2. The highest BCUT2D eigenvalue weighted by Gasteiger charge is 2.34. The van der Waals surface area contributed by atoms with E-state index in [1.54, 1.807) is 12.1 Å². The molecule has 2 aromatic rings. The number of anilines is 2. The Hall–Kier alpha value is -3.31. The molecular formula is C24H27N3O7S. The van der Waals surface area contributed by atoms with E-state index in [1.165, 1.54) is 7.11 Å². The smallest absolute Gasteiger partial charge is 0.296 e. The van der Waals surface area contributed by atoms with Crippen molar-refractivity contribution in [3.63, 3.8) is 0 Å². The summed E-state index contributed by atoms with van der Waals surface area (Å²) < 4.78 is 41.3. The van der Waals surface area contributed by atoms with E-state index < -0.39 is 16.2 Å². The van der Waals surface area contributed by atoms with Crippen molar-refractivity contribution in [1.29, 1.82) is 0 Å². The number of piperidine rings is 1. The molecule has 2 fully saturated rings. The maximum atomic E-state index is 12.5. The Morgan fingerprint density at radius 1 is 1.11 bits per heavy atom. The Bertz CT molecular complexity index is 1290. The molecule has 3 heterocycles. The van der Waals surface area contributed by atoms with Gasteiger partial charge in [0.25, 0.3) is 10.1 Å². The van der Waals surface area contributed by atoms with E-state index in [4.69, 9.17) is 13.7 Å². The van der Waals surface area contributed by atoms with Gasteiger partial charge >= 0.3 is 0 Å². The van der Waals surface area contributed by atoms with Crippen LogP contribution in [0.2, 0.25) is 0 Å². The number of aryl methyl sites for hydroxylation is 1. The molecule has 2 atom stereocenters. The van der Waals surface area contributed by atoms with Crippen LogP contribution in [0, 0.1) is 6.92 Å². The molecular weight excluding hydrogens is 474 g/mol. The largest absolute Gasteiger partial charge is 0.451 e. The summed E-state index contributed by atoms with van der Waals surface area (Å²) in [6.45, 7) is 3.31. The van der Waals surface area contributed by atoms with Crippen molar-refractivity contribution in [3.05, 3.63) is 41.5 Å². The average molecular weight is 502 g/mol. The van der Waals surface area contributed by atoms with Gasteiger partial charge < -0.3 is 19.7 Å². The summed E-state index contributed by atoms with van der Waals surface area (Å²) in [5.41, 5.74) is 3.20. The SMILES string of the molecule is COS(=O)(=O)c1ccc(C)cc1C1CCN(c2ccc(NC3CCC(=O)NC3=O)c3c2OCO3)C1. The fourth-order valence-corrected chi connectivity index (χ4v) is 5.83. The Labute approximate surface area is 203 Å². The van der Waals surface area contributed by atoms with Crippen LogP contribution in [-0.2, 0) is 23.9 Å². The summed E-state index contributed by atoms with van der Waals surface area (Å²) >= 11 is 0. The number of hydrogen-bond donors (Lipinski definition) is 2. The van der Waals surface area contributed by atoms with Crippen LogP contribution in [0.3, 0.4) is 0 Å². The molecule has 0 aromatic heterocycles. The van der Waals surface area contributed by atoms with E-state index in [2.05, 4.69) is 15.5 Å². The van der Waals surface area contributed by atoms with E-state index in [-0.39, 0.29) is 35.8 Å². The molecule has 0 radical (unpaired) electrons. The molecule has 0 spiro atoms. The lowest BCUT2D eigenvalue weighted by molar-refractivity contribution is -0.133. The minimum absolute atomic E-state index is 0.00549. The molecule has 2 N–H and O–H groups in total. The van der Waals surface area contributed by atoms with Crippen LogP contribution in [0.5, 0.6) is 11.5 Å². The minimum atomic E-state index is -3.83. The predicted molar refractivity (Wildman–Crippen MR) is 127 cm³/mol. The van der Waals surface area contributed by atoms with Crippen LogP contribution in [-0.4, -0.2) is 53.3 Å². The van der Waals surface area contributed by atoms with Crippen LogP contribution in [0.4, 0.5) is 11.4 Å². The summed E-state index contributed by atoms with van der Waals surface area (Å²) in [7, 11) is -2.66. The number of carbonyl (C=O) groups is 2. The molecule has 0 bridgehead atoms. The zero-order valence-electron chi connectivity index (χ0n) is 19.5. The number of rotatable bonds is 6. The fourth-order valence-electron chi connectivity index (χ4n) is 4.90. The first-order valence-corrected chi connectivity index (χ1v) is 12.9. The molecule has 5 rings (SSSR count). The van der Waals surface area contributed by atoms with Crippen molar-refractivity contribution in [2.75, 3.05) is 37.2 Å². The summed E-state index contributed by atoms with van der Waals surface area (Å²) in [6.07, 6.45) is 1.44. The number of hydrogen-bond acceptors (Lipinski definition) is 9.